The molecule has 0 heterocycles. The molecule has 17 heavy (non-hydrogen) atoms. The summed E-state index contributed by atoms with van der Waals surface area (Å²) in [6.07, 6.45) is 1.79. The zero-order valence-electron chi connectivity index (χ0n) is 10.4. The highest BCUT2D eigenvalue weighted by atomic mass is 35.5. The molecule has 0 amide bonds. The summed E-state index contributed by atoms with van der Waals surface area (Å²) in [5.74, 6) is -0.359. The Kier molecular flexibility index (Phi) is 5.66. The number of hydrogen-bond acceptors (Lipinski definition) is 1. The molecule has 1 aromatic rings. The Morgan fingerprint density at radius 1 is 1.53 bits per heavy atom. The van der Waals surface area contributed by atoms with Gasteiger partial charge in [-0.25, -0.2) is 4.39 Å². The predicted molar refractivity (Wildman–Crippen MR) is 71.9 cm³/mol. The Morgan fingerprint density at radius 2 is 2.24 bits per heavy atom. The Balaban J connectivity index is 2.88. The summed E-state index contributed by atoms with van der Waals surface area (Å²) in [5, 5.41) is 3.55. The first-order valence-corrected chi connectivity index (χ1v) is 6.25. The standard InChI is InChI=1S/C14H19ClFN/c1-4-17-13(9-8-10(2)3)11-6-5-7-12(16)14(11)15/h5-7,13,17H,2,4,8-9H2,1,3H3. The Hall–Kier alpha value is -0.860. The number of hydrogen-bond donors (Lipinski definition) is 1. The third-order valence-corrected chi connectivity index (χ3v) is 3.07. The van der Waals surface area contributed by atoms with E-state index in [-0.39, 0.29) is 16.9 Å². The first kappa shape index (κ1) is 14.2. The second kappa shape index (κ2) is 6.77. The molecule has 1 aromatic carbocycles. The summed E-state index contributed by atoms with van der Waals surface area (Å²) in [7, 11) is 0. The molecule has 0 bridgehead atoms. The van der Waals surface area contributed by atoms with Gasteiger partial charge in [-0.1, -0.05) is 36.2 Å². The van der Waals surface area contributed by atoms with E-state index >= 15 is 0 Å². The Morgan fingerprint density at radius 3 is 2.82 bits per heavy atom. The van der Waals surface area contributed by atoms with Crippen LogP contribution >= 0.6 is 11.6 Å². The number of allylic oxidation sites excluding steroid dienone is 1. The first-order chi connectivity index (χ1) is 8.06. The van der Waals surface area contributed by atoms with Gasteiger partial charge in [0.15, 0.2) is 0 Å². The molecule has 1 atom stereocenters. The van der Waals surface area contributed by atoms with E-state index in [1.165, 1.54) is 6.07 Å². The monoisotopic (exact) mass is 255 g/mol. The molecule has 0 saturated carbocycles. The van der Waals surface area contributed by atoms with E-state index in [0.29, 0.717) is 0 Å². The average molecular weight is 256 g/mol. The van der Waals surface area contributed by atoms with E-state index in [0.717, 1.165) is 30.5 Å². The molecule has 0 aliphatic heterocycles. The van der Waals surface area contributed by atoms with Crippen molar-refractivity contribution in [2.45, 2.75) is 32.7 Å². The van der Waals surface area contributed by atoms with Gasteiger partial charge in [0.1, 0.15) is 5.82 Å². The van der Waals surface area contributed by atoms with E-state index < -0.39 is 0 Å². The van der Waals surface area contributed by atoms with Gasteiger partial charge < -0.3 is 5.32 Å². The molecule has 1 unspecified atom stereocenters. The lowest BCUT2D eigenvalue weighted by atomic mass is 9.99. The third kappa shape index (κ3) is 4.14. The molecule has 0 fully saturated rings. The van der Waals surface area contributed by atoms with Gasteiger partial charge in [0.05, 0.1) is 5.02 Å². The van der Waals surface area contributed by atoms with Crippen LogP contribution in [0.15, 0.2) is 30.4 Å². The van der Waals surface area contributed by atoms with Gasteiger partial charge in [0.2, 0.25) is 0 Å². The summed E-state index contributed by atoms with van der Waals surface area (Å²) < 4.78 is 13.4. The number of benzene rings is 1. The molecule has 0 aromatic heterocycles. The molecule has 0 aliphatic rings. The van der Waals surface area contributed by atoms with Crippen LogP contribution in [0, 0.1) is 5.82 Å². The highest BCUT2D eigenvalue weighted by Crippen LogP contribution is 2.29. The minimum absolute atomic E-state index is 0.0832. The summed E-state index contributed by atoms with van der Waals surface area (Å²) in [6.45, 7) is 8.74. The number of halogens is 2. The third-order valence-electron chi connectivity index (χ3n) is 2.67. The minimum atomic E-state index is -0.359. The summed E-state index contributed by atoms with van der Waals surface area (Å²) in [4.78, 5) is 0. The lowest BCUT2D eigenvalue weighted by Gasteiger charge is -2.19. The van der Waals surface area contributed by atoms with Crippen molar-refractivity contribution in [3.8, 4) is 0 Å². The van der Waals surface area contributed by atoms with E-state index in [1.807, 2.05) is 19.9 Å². The first-order valence-electron chi connectivity index (χ1n) is 5.88. The van der Waals surface area contributed by atoms with Crippen LogP contribution in [0.1, 0.15) is 38.3 Å². The van der Waals surface area contributed by atoms with Gasteiger partial charge in [0, 0.05) is 6.04 Å². The van der Waals surface area contributed by atoms with Crippen LogP contribution in [0.25, 0.3) is 0 Å². The van der Waals surface area contributed by atoms with Gasteiger partial charge in [-0.15, -0.1) is 6.58 Å². The van der Waals surface area contributed by atoms with Crippen molar-refractivity contribution in [1.82, 2.24) is 5.32 Å². The fraction of sp³-hybridized carbons (Fsp3) is 0.429. The summed E-state index contributed by atoms with van der Waals surface area (Å²) in [5.41, 5.74) is 1.95. The average Bonchev–Trinajstić information content (AvgIpc) is 2.28. The molecule has 94 valence electrons. The van der Waals surface area contributed by atoms with Gasteiger partial charge in [-0.2, -0.15) is 0 Å². The number of nitrogens with one attached hydrogen (secondary N) is 1. The van der Waals surface area contributed by atoms with Crippen LogP contribution in [0.5, 0.6) is 0 Å². The zero-order chi connectivity index (χ0) is 12.8. The van der Waals surface area contributed by atoms with Gasteiger partial charge in [-0.05, 0) is 37.9 Å². The van der Waals surface area contributed by atoms with Crippen molar-refractivity contribution in [3.05, 3.63) is 46.8 Å². The topological polar surface area (TPSA) is 12.0 Å². The van der Waals surface area contributed by atoms with Crippen molar-refractivity contribution in [2.24, 2.45) is 0 Å². The highest BCUT2D eigenvalue weighted by molar-refractivity contribution is 6.31. The zero-order valence-corrected chi connectivity index (χ0v) is 11.1. The Bertz CT molecular complexity index is 390. The second-order valence-corrected chi connectivity index (χ2v) is 4.63. The maximum absolute atomic E-state index is 13.4. The molecule has 0 aliphatic carbocycles. The maximum atomic E-state index is 13.4. The van der Waals surface area contributed by atoms with E-state index in [4.69, 9.17) is 11.6 Å². The van der Waals surface area contributed by atoms with Gasteiger partial charge >= 0.3 is 0 Å². The lowest BCUT2D eigenvalue weighted by Crippen LogP contribution is -2.21. The lowest BCUT2D eigenvalue weighted by molar-refractivity contribution is 0.510. The van der Waals surface area contributed by atoms with Crippen molar-refractivity contribution >= 4 is 11.6 Å². The second-order valence-electron chi connectivity index (χ2n) is 4.25. The van der Waals surface area contributed by atoms with Crippen LogP contribution in [0.4, 0.5) is 4.39 Å². The van der Waals surface area contributed by atoms with Crippen LogP contribution < -0.4 is 5.32 Å². The van der Waals surface area contributed by atoms with Crippen molar-refractivity contribution in [1.29, 1.82) is 0 Å². The maximum Gasteiger partial charge on any atom is 0.142 e. The molecule has 0 spiro atoms. The van der Waals surface area contributed by atoms with Gasteiger partial charge in [-0.3, -0.25) is 0 Å². The largest absolute Gasteiger partial charge is 0.310 e. The normalized spacial score (nSPS) is 12.5. The molecule has 0 saturated heterocycles. The SMILES string of the molecule is C=C(C)CCC(NCC)c1cccc(F)c1Cl. The predicted octanol–water partition coefficient (Wildman–Crippen LogP) is 4.49. The summed E-state index contributed by atoms with van der Waals surface area (Å²) >= 11 is 6.00. The Labute approximate surface area is 108 Å². The number of rotatable bonds is 6. The fourth-order valence-corrected chi connectivity index (χ4v) is 2.05. The summed E-state index contributed by atoms with van der Waals surface area (Å²) in [6, 6.07) is 5.03. The highest BCUT2D eigenvalue weighted by Gasteiger charge is 2.15. The smallest absolute Gasteiger partial charge is 0.142 e. The van der Waals surface area contributed by atoms with Crippen LogP contribution in [0.2, 0.25) is 5.02 Å². The van der Waals surface area contributed by atoms with E-state index in [2.05, 4.69) is 11.9 Å². The molecule has 1 nitrogen and oxygen atoms in total. The van der Waals surface area contributed by atoms with Crippen molar-refractivity contribution in [3.63, 3.8) is 0 Å². The van der Waals surface area contributed by atoms with Crippen molar-refractivity contribution < 1.29 is 4.39 Å². The molecule has 1 rings (SSSR count). The fourth-order valence-electron chi connectivity index (χ4n) is 1.79. The van der Waals surface area contributed by atoms with Crippen LogP contribution in [0.3, 0.4) is 0 Å². The van der Waals surface area contributed by atoms with E-state index in [9.17, 15) is 4.39 Å². The van der Waals surface area contributed by atoms with Gasteiger partial charge in [0.25, 0.3) is 0 Å². The molecular formula is C14H19ClFN. The molecule has 1 N–H and O–H groups in total. The van der Waals surface area contributed by atoms with E-state index in [1.54, 1.807) is 6.07 Å². The molecular weight excluding hydrogens is 237 g/mol. The quantitative estimate of drug-likeness (QED) is 0.739. The molecule has 3 heteroatoms. The minimum Gasteiger partial charge on any atom is -0.310 e. The van der Waals surface area contributed by atoms with Crippen molar-refractivity contribution in [2.75, 3.05) is 6.54 Å². The van der Waals surface area contributed by atoms with Crippen LogP contribution in [-0.2, 0) is 0 Å². The molecule has 0 radical (unpaired) electrons. The van der Waals surface area contributed by atoms with Crippen LogP contribution in [-0.4, -0.2) is 6.54 Å².